The predicted octanol–water partition coefficient (Wildman–Crippen LogP) is 2.70. The highest BCUT2D eigenvalue weighted by Gasteiger charge is 2.24. The number of rotatable bonds is 5. The molecule has 0 aliphatic heterocycles. The minimum Gasteiger partial charge on any atom is -0.370 e. The second-order valence-electron chi connectivity index (χ2n) is 4.85. The zero-order chi connectivity index (χ0) is 17.0. The molecule has 0 heterocycles. The molecule has 1 unspecified atom stereocenters. The molecule has 4 nitrogen and oxygen atoms in total. The maximum Gasteiger partial charge on any atom is 0.232 e. The molecule has 0 aromatic heterocycles. The summed E-state index contributed by atoms with van der Waals surface area (Å²) in [6.45, 7) is 0. The first-order valence-corrected chi connectivity index (χ1v) is 6.67. The Bertz CT molecular complexity index is 736. The number of nitrogens with two attached hydrogens (primary N) is 1. The molecule has 2 aromatic rings. The molecule has 0 spiro atoms. The predicted molar refractivity (Wildman–Crippen MR) is 77.9 cm³/mol. The molecule has 0 aliphatic rings. The van der Waals surface area contributed by atoms with Crippen LogP contribution in [0.25, 0.3) is 0 Å². The van der Waals surface area contributed by atoms with E-state index in [1.165, 1.54) is 0 Å². The molecular formula is C16H13F3N2O2. The number of anilines is 1. The van der Waals surface area contributed by atoms with Crippen molar-refractivity contribution in [1.29, 1.82) is 0 Å². The molecule has 2 amide bonds. The van der Waals surface area contributed by atoms with Gasteiger partial charge < -0.3 is 11.1 Å². The van der Waals surface area contributed by atoms with Gasteiger partial charge in [-0.1, -0.05) is 30.3 Å². The van der Waals surface area contributed by atoms with Crippen LogP contribution < -0.4 is 11.1 Å². The molecule has 0 bridgehead atoms. The summed E-state index contributed by atoms with van der Waals surface area (Å²) in [5.41, 5.74) is 5.11. The second kappa shape index (κ2) is 6.95. The fourth-order valence-corrected chi connectivity index (χ4v) is 2.09. The van der Waals surface area contributed by atoms with Crippen molar-refractivity contribution in [1.82, 2.24) is 0 Å². The Morgan fingerprint density at radius 3 is 2.26 bits per heavy atom. The maximum absolute atomic E-state index is 13.6. The van der Waals surface area contributed by atoms with Gasteiger partial charge in [-0.15, -0.1) is 0 Å². The van der Waals surface area contributed by atoms with Crippen LogP contribution in [0.3, 0.4) is 0 Å². The molecule has 2 aromatic carbocycles. The minimum absolute atomic E-state index is 0.304. The molecule has 0 saturated heterocycles. The van der Waals surface area contributed by atoms with Gasteiger partial charge in [-0.3, -0.25) is 9.59 Å². The van der Waals surface area contributed by atoms with Crippen molar-refractivity contribution in [2.24, 2.45) is 5.73 Å². The van der Waals surface area contributed by atoms with Crippen LogP contribution in [0.15, 0.2) is 42.5 Å². The summed E-state index contributed by atoms with van der Waals surface area (Å²) >= 11 is 0. The van der Waals surface area contributed by atoms with E-state index < -0.39 is 40.9 Å². The zero-order valence-corrected chi connectivity index (χ0v) is 11.9. The van der Waals surface area contributed by atoms with E-state index in [1.807, 2.05) is 0 Å². The van der Waals surface area contributed by atoms with Crippen LogP contribution in [0.2, 0.25) is 0 Å². The van der Waals surface area contributed by atoms with Crippen LogP contribution in [0.5, 0.6) is 0 Å². The Morgan fingerprint density at radius 1 is 1.00 bits per heavy atom. The Hall–Kier alpha value is -2.83. The third kappa shape index (κ3) is 3.88. The highest BCUT2D eigenvalue weighted by Crippen LogP contribution is 2.24. The molecule has 7 heteroatoms. The summed E-state index contributed by atoms with van der Waals surface area (Å²) in [5.74, 6) is -7.00. The van der Waals surface area contributed by atoms with E-state index in [2.05, 4.69) is 5.32 Å². The number of benzene rings is 2. The molecule has 23 heavy (non-hydrogen) atoms. The lowest BCUT2D eigenvalue weighted by molar-refractivity contribution is -0.123. The van der Waals surface area contributed by atoms with Gasteiger partial charge in [-0.25, -0.2) is 13.2 Å². The summed E-state index contributed by atoms with van der Waals surface area (Å²) in [6, 6.07) is 9.85. The first kappa shape index (κ1) is 16.5. The Morgan fingerprint density at radius 2 is 1.65 bits per heavy atom. The third-order valence-corrected chi connectivity index (χ3v) is 3.22. The number of hydrogen-bond acceptors (Lipinski definition) is 2. The lowest BCUT2D eigenvalue weighted by atomic mass is 9.94. The van der Waals surface area contributed by atoms with E-state index in [1.54, 1.807) is 30.3 Å². The van der Waals surface area contributed by atoms with E-state index in [0.29, 0.717) is 11.6 Å². The largest absolute Gasteiger partial charge is 0.370 e. The van der Waals surface area contributed by atoms with Crippen molar-refractivity contribution in [3.05, 3.63) is 65.5 Å². The first-order valence-electron chi connectivity index (χ1n) is 6.67. The smallest absolute Gasteiger partial charge is 0.232 e. The molecule has 3 N–H and O–H groups in total. The van der Waals surface area contributed by atoms with Crippen LogP contribution >= 0.6 is 0 Å². The van der Waals surface area contributed by atoms with Gasteiger partial charge >= 0.3 is 0 Å². The molecule has 120 valence electrons. The van der Waals surface area contributed by atoms with Crippen molar-refractivity contribution in [2.75, 3.05) is 5.32 Å². The monoisotopic (exact) mass is 322 g/mol. The number of primary amides is 1. The van der Waals surface area contributed by atoms with Crippen molar-refractivity contribution in [3.63, 3.8) is 0 Å². The van der Waals surface area contributed by atoms with Crippen LogP contribution in [-0.2, 0) is 9.59 Å². The SMILES string of the molecule is NC(=O)CC(C(=O)Nc1ccc(F)c(F)c1F)c1ccccc1. The number of amides is 2. The topological polar surface area (TPSA) is 72.2 Å². The van der Waals surface area contributed by atoms with E-state index in [9.17, 15) is 22.8 Å². The van der Waals surface area contributed by atoms with Crippen LogP contribution in [0.4, 0.5) is 18.9 Å². The summed E-state index contributed by atoms with van der Waals surface area (Å²) in [4.78, 5) is 23.5. The van der Waals surface area contributed by atoms with Gasteiger partial charge in [0.1, 0.15) is 0 Å². The number of carbonyl (C=O) groups is 2. The number of carbonyl (C=O) groups excluding carboxylic acids is 2. The molecular weight excluding hydrogens is 309 g/mol. The van der Waals surface area contributed by atoms with Crippen molar-refractivity contribution >= 4 is 17.5 Å². The standard InChI is InChI=1S/C16H13F3N2O2/c17-11-6-7-12(15(19)14(11)18)21-16(23)10(8-13(20)22)9-4-2-1-3-5-9/h1-7,10H,8H2,(H2,20,22)(H,21,23). The Balaban J connectivity index is 2.28. The fraction of sp³-hybridized carbons (Fsp3) is 0.125. The molecule has 0 saturated carbocycles. The first-order chi connectivity index (χ1) is 10.9. The maximum atomic E-state index is 13.6. The molecule has 0 aliphatic carbocycles. The quantitative estimate of drug-likeness (QED) is 0.831. The van der Waals surface area contributed by atoms with E-state index in [0.717, 1.165) is 6.07 Å². The highest BCUT2D eigenvalue weighted by molar-refractivity contribution is 5.98. The van der Waals surface area contributed by atoms with Crippen molar-refractivity contribution in [2.45, 2.75) is 12.3 Å². The lowest BCUT2D eigenvalue weighted by Crippen LogP contribution is -2.26. The second-order valence-corrected chi connectivity index (χ2v) is 4.85. The number of hydrogen-bond donors (Lipinski definition) is 2. The Labute approximate surface area is 130 Å². The summed E-state index contributed by atoms with van der Waals surface area (Å²) < 4.78 is 39.7. The van der Waals surface area contributed by atoms with E-state index in [4.69, 9.17) is 5.73 Å². The van der Waals surface area contributed by atoms with E-state index in [-0.39, 0.29) is 6.42 Å². The average Bonchev–Trinajstić information content (AvgIpc) is 2.53. The van der Waals surface area contributed by atoms with Gasteiger partial charge in [-0.05, 0) is 17.7 Å². The zero-order valence-electron chi connectivity index (χ0n) is 11.9. The van der Waals surface area contributed by atoms with Crippen LogP contribution in [0.1, 0.15) is 17.9 Å². The van der Waals surface area contributed by atoms with Gasteiger partial charge in [0.25, 0.3) is 0 Å². The van der Waals surface area contributed by atoms with Gasteiger partial charge in [0.2, 0.25) is 11.8 Å². The van der Waals surface area contributed by atoms with Crippen molar-refractivity contribution < 1.29 is 22.8 Å². The van der Waals surface area contributed by atoms with Gasteiger partial charge in [0.05, 0.1) is 11.6 Å². The normalized spacial score (nSPS) is 11.8. The third-order valence-electron chi connectivity index (χ3n) is 3.22. The lowest BCUT2D eigenvalue weighted by Gasteiger charge is -2.16. The molecule has 1 atom stereocenters. The molecule has 0 radical (unpaired) electrons. The Kier molecular flexibility index (Phi) is 5.00. The molecule has 0 fully saturated rings. The number of nitrogens with one attached hydrogen (secondary N) is 1. The average molecular weight is 322 g/mol. The van der Waals surface area contributed by atoms with E-state index >= 15 is 0 Å². The van der Waals surface area contributed by atoms with Crippen molar-refractivity contribution in [3.8, 4) is 0 Å². The fourth-order valence-electron chi connectivity index (χ4n) is 2.09. The summed E-state index contributed by atoms with van der Waals surface area (Å²) in [5, 5.41) is 2.15. The van der Waals surface area contributed by atoms with Gasteiger partial charge in [-0.2, -0.15) is 0 Å². The number of halogens is 3. The summed E-state index contributed by atoms with van der Waals surface area (Å²) in [6.07, 6.45) is -0.304. The summed E-state index contributed by atoms with van der Waals surface area (Å²) in [7, 11) is 0. The highest BCUT2D eigenvalue weighted by atomic mass is 19.2. The molecule has 2 rings (SSSR count). The van der Waals surface area contributed by atoms with Crippen LogP contribution in [-0.4, -0.2) is 11.8 Å². The van der Waals surface area contributed by atoms with Gasteiger partial charge in [0.15, 0.2) is 17.5 Å². The van der Waals surface area contributed by atoms with Gasteiger partial charge in [0, 0.05) is 6.42 Å². The van der Waals surface area contributed by atoms with Crippen LogP contribution in [0, 0.1) is 17.5 Å². The minimum atomic E-state index is -1.69.